The van der Waals surface area contributed by atoms with Crippen molar-refractivity contribution < 1.29 is 17.6 Å². The van der Waals surface area contributed by atoms with Gasteiger partial charge in [0.05, 0.1) is 11.4 Å². The second kappa shape index (κ2) is 8.83. The number of hydrogen-bond acceptors (Lipinski definition) is 4. The maximum Gasteiger partial charge on any atom is 0.243 e. The molecule has 1 heterocycles. The molecule has 6 nitrogen and oxygen atoms in total. The van der Waals surface area contributed by atoms with Crippen LogP contribution in [-0.4, -0.2) is 55.2 Å². The first-order chi connectivity index (χ1) is 14.4. The van der Waals surface area contributed by atoms with E-state index < -0.39 is 10.0 Å². The van der Waals surface area contributed by atoms with Crippen LogP contribution in [0, 0.1) is 5.82 Å². The van der Waals surface area contributed by atoms with Crippen molar-refractivity contribution in [3.05, 3.63) is 60.4 Å². The predicted molar refractivity (Wildman–Crippen MR) is 113 cm³/mol. The molecule has 30 heavy (non-hydrogen) atoms. The molecule has 8 heteroatoms. The molecule has 2 aromatic rings. The van der Waals surface area contributed by atoms with Gasteiger partial charge in [-0.25, -0.2) is 12.8 Å². The third-order valence-electron chi connectivity index (χ3n) is 5.64. The van der Waals surface area contributed by atoms with Gasteiger partial charge in [-0.1, -0.05) is 18.2 Å². The van der Waals surface area contributed by atoms with E-state index in [1.807, 2.05) is 11.0 Å². The number of benzene rings is 2. The first-order valence-electron chi connectivity index (χ1n) is 10.3. The van der Waals surface area contributed by atoms with Crippen molar-refractivity contribution in [2.75, 3.05) is 25.0 Å². The Morgan fingerprint density at radius 2 is 1.57 bits per heavy atom. The number of carbonyl (C=O) groups excluding carboxylic acids is 1. The molecule has 0 unspecified atom stereocenters. The minimum atomic E-state index is -3.52. The third kappa shape index (κ3) is 4.88. The van der Waals surface area contributed by atoms with Crippen molar-refractivity contribution in [1.29, 1.82) is 0 Å². The summed E-state index contributed by atoms with van der Waals surface area (Å²) < 4.78 is 41.1. The molecule has 2 fully saturated rings. The number of likely N-dealkylation sites (tertiary alicyclic amines) is 1. The maximum atomic E-state index is 13.2. The number of amides is 1. The zero-order chi connectivity index (χ0) is 21.1. The summed E-state index contributed by atoms with van der Waals surface area (Å²) in [6.07, 6.45) is 3.22. The van der Waals surface area contributed by atoms with Crippen molar-refractivity contribution in [2.45, 2.75) is 42.7 Å². The summed E-state index contributed by atoms with van der Waals surface area (Å²) in [5, 5.41) is 2.77. The fourth-order valence-electron chi connectivity index (χ4n) is 4.00. The molecule has 0 aromatic heterocycles. The molecular formula is C22H26FN3O3S. The summed E-state index contributed by atoms with van der Waals surface area (Å²) in [4.78, 5) is 14.7. The largest absolute Gasteiger partial charge is 0.325 e. The smallest absolute Gasteiger partial charge is 0.243 e. The lowest BCUT2D eigenvalue weighted by Crippen LogP contribution is -2.49. The van der Waals surface area contributed by atoms with E-state index in [1.54, 1.807) is 28.6 Å². The first kappa shape index (κ1) is 21.0. The van der Waals surface area contributed by atoms with Gasteiger partial charge in [-0.05, 0) is 62.1 Å². The summed E-state index contributed by atoms with van der Waals surface area (Å²) in [6.45, 7) is 1.56. The van der Waals surface area contributed by atoms with E-state index in [-0.39, 0.29) is 30.4 Å². The SMILES string of the molecule is O=C(CN1CCC(N(C2CC2)S(=O)(=O)c2ccccc2)CC1)Nc1ccc(F)cc1. The van der Waals surface area contributed by atoms with Crippen LogP contribution >= 0.6 is 0 Å². The number of sulfonamides is 1. The Bertz CT molecular complexity index is 970. The van der Waals surface area contributed by atoms with Crippen LogP contribution in [0.2, 0.25) is 0 Å². The van der Waals surface area contributed by atoms with Crippen molar-refractivity contribution in [2.24, 2.45) is 0 Å². The number of carbonyl (C=O) groups is 1. The summed E-state index contributed by atoms with van der Waals surface area (Å²) in [5.41, 5.74) is 0.560. The molecule has 160 valence electrons. The van der Waals surface area contributed by atoms with Gasteiger partial charge < -0.3 is 5.32 Å². The van der Waals surface area contributed by atoms with Gasteiger partial charge in [0.25, 0.3) is 0 Å². The van der Waals surface area contributed by atoms with Gasteiger partial charge in [-0.15, -0.1) is 0 Å². The molecule has 1 N–H and O–H groups in total. The molecule has 1 aliphatic carbocycles. The molecule has 4 rings (SSSR count). The summed E-state index contributed by atoms with van der Waals surface area (Å²) in [5.74, 6) is -0.503. The van der Waals surface area contributed by atoms with Crippen LogP contribution in [0.3, 0.4) is 0 Å². The van der Waals surface area contributed by atoms with Crippen LogP contribution in [0.25, 0.3) is 0 Å². The molecule has 0 bridgehead atoms. The van der Waals surface area contributed by atoms with Crippen molar-refractivity contribution in [1.82, 2.24) is 9.21 Å². The average Bonchev–Trinajstić information content (AvgIpc) is 3.56. The average molecular weight is 432 g/mol. The Morgan fingerprint density at radius 3 is 2.17 bits per heavy atom. The fourth-order valence-corrected chi connectivity index (χ4v) is 5.95. The second-order valence-corrected chi connectivity index (χ2v) is 9.78. The molecule has 0 atom stereocenters. The highest BCUT2D eigenvalue weighted by Gasteiger charge is 2.43. The number of nitrogens with one attached hydrogen (secondary N) is 1. The van der Waals surface area contributed by atoms with E-state index in [2.05, 4.69) is 5.32 Å². The molecule has 1 aliphatic heterocycles. The third-order valence-corrected chi connectivity index (χ3v) is 7.66. The molecular weight excluding hydrogens is 405 g/mol. The van der Waals surface area contributed by atoms with Crippen LogP contribution in [-0.2, 0) is 14.8 Å². The van der Waals surface area contributed by atoms with Gasteiger partial charge in [0, 0.05) is 30.9 Å². The van der Waals surface area contributed by atoms with E-state index in [4.69, 9.17) is 0 Å². The van der Waals surface area contributed by atoms with Gasteiger partial charge in [-0.2, -0.15) is 4.31 Å². The number of piperidine rings is 1. The Hall–Kier alpha value is -2.29. The Labute approximate surface area is 176 Å². The number of hydrogen-bond donors (Lipinski definition) is 1. The maximum absolute atomic E-state index is 13.2. The molecule has 0 spiro atoms. The van der Waals surface area contributed by atoms with Crippen LogP contribution < -0.4 is 5.32 Å². The molecule has 0 radical (unpaired) electrons. The zero-order valence-corrected chi connectivity index (χ0v) is 17.5. The van der Waals surface area contributed by atoms with Gasteiger partial charge in [-0.3, -0.25) is 9.69 Å². The minimum Gasteiger partial charge on any atom is -0.325 e. The normalized spacial score (nSPS) is 18.5. The standard InChI is InChI=1S/C22H26FN3O3S/c23-17-6-8-18(9-7-17)24-22(27)16-25-14-12-20(13-15-25)26(19-10-11-19)30(28,29)21-4-2-1-3-5-21/h1-9,19-20H,10-16H2,(H,24,27). The fraction of sp³-hybridized carbons (Fsp3) is 0.409. The van der Waals surface area contributed by atoms with E-state index >= 15 is 0 Å². The van der Waals surface area contributed by atoms with Gasteiger partial charge >= 0.3 is 0 Å². The summed E-state index contributed by atoms with van der Waals surface area (Å²) >= 11 is 0. The lowest BCUT2D eigenvalue weighted by molar-refractivity contribution is -0.117. The highest BCUT2D eigenvalue weighted by Crippen LogP contribution is 2.36. The van der Waals surface area contributed by atoms with Crippen molar-refractivity contribution >= 4 is 21.6 Å². The Kier molecular flexibility index (Phi) is 6.17. The molecule has 1 saturated heterocycles. The van der Waals surface area contributed by atoms with E-state index in [0.717, 1.165) is 12.8 Å². The topological polar surface area (TPSA) is 69.7 Å². The molecule has 1 saturated carbocycles. The van der Waals surface area contributed by atoms with Crippen molar-refractivity contribution in [3.8, 4) is 0 Å². The lowest BCUT2D eigenvalue weighted by Gasteiger charge is -2.37. The highest BCUT2D eigenvalue weighted by atomic mass is 32.2. The second-order valence-electron chi connectivity index (χ2n) is 7.94. The zero-order valence-electron chi connectivity index (χ0n) is 16.7. The van der Waals surface area contributed by atoms with Gasteiger partial charge in [0.2, 0.25) is 15.9 Å². The Morgan fingerprint density at radius 1 is 0.967 bits per heavy atom. The van der Waals surface area contributed by atoms with E-state index in [9.17, 15) is 17.6 Å². The minimum absolute atomic E-state index is 0.0425. The Balaban J connectivity index is 1.35. The number of halogens is 1. The van der Waals surface area contributed by atoms with Crippen LogP contribution in [0.5, 0.6) is 0 Å². The quantitative estimate of drug-likeness (QED) is 0.732. The predicted octanol–water partition coefficient (Wildman–Crippen LogP) is 3.08. The van der Waals surface area contributed by atoms with E-state index in [1.165, 1.54) is 24.3 Å². The van der Waals surface area contributed by atoms with Gasteiger partial charge in [0.15, 0.2) is 0 Å². The van der Waals surface area contributed by atoms with Crippen LogP contribution in [0.15, 0.2) is 59.5 Å². The molecule has 1 amide bonds. The van der Waals surface area contributed by atoms with Crippen molar-refractivity contribution in [3.63, 3.8) is 0 Å². The van der Waals surface area contributed by atoms with Gasteiger partial charge in [0.1, 0.15) is 5.82 Å². The first-order valence-corrected chi connectivity index (χ1v) is 11.7. The number of nitrogens with zero attached hydrogens (tertiary/aromatic N) is 2. The molecule has 2 aliphatic rings. The van der Waals surface area contributed by atoms with Crippen LogP contribution in [0.1, 0.15) is 25.7 Å². The highest BCUT2D eigenvalue weighted by molar-refractivity contribution is 7.89. The lowest BCUT2D eigenvalue weighted by atomic mass is 10.0. The number of anilines is 1. The molecule has 2 aromatic carbocycles. The number of rotatable bonds is 7. The van der Waals surface area contributed by atoms with Crippen LogP contribution in [0.4, 0.5) is 10.1 Å². The summed E-state index contributed by atoms with van der Waals surface area (Å²) in [7, 11) is -3.52. The monoisotopic (exact) mass is 431 g/mol. The van der Waals surface area contributed by atoms with E-state index in [0.29, 0.717) is 36.5 Å². The summed E-state index contributed by atoms with van der Waals surface area (Å²) in [6, 6.07) is 14.3.